The molecule has 0 atom stereocenters. The van der Waals surface area contributed by atoms with Gasteiger partial charge in [0, 0.05) is 21.9 Å². The average molecular weight is 652 g/mol. The number of hydrogen-bond acceptors (Lipinski definition) is 4. The Morgan fingerprint density at radius 2 is 0.902 bits per heavy atom. The molecule has 0 aliphatic carbocycles. The summed E-state index contributed by atoms with van der Waals surface area (Å²) in [5.41, 5.74) is 8.81. The molecule has 4 nitrogen and oxygen atoms in total. The normalized spacial score (nSPS) is 11.5. The molecule has 0 amide bonds. The molecule has 2 heterocycles. The Kier molecular flexibility index (Phi) is 6.78. The lowest BCUT2D eigenvalue weighted by Crippen LogP contribution is -2.00. The predicted molar refractivity (Wildman–Crippen MR) is 209 cm³/mol. The van der Waals surface area contributed by atoms with Crippen molar-refractivity contribution < 1.29 is 4.42 Å². The number of aromatic nitrogens is 3. The van der Waals surface area contributed by atoms with Gasteiger partial charge in [-0.05, 0) is 68.1 Å². The number of hydrogen-bond donors (Lipinski definition) is 0. The van der Waals surface area contributed by atoms with Crippen molar-refractivity contribution in [1.29, 1.82) is 0 Å². The molecule has 0 saturated heterocycles. The first kappa shape index (κ1) is 29.0. The van der Waals surface area contributed by atoms with Crippen molar-refractivity contribution in [3.05, 3.63) is 176 Å². The van der Waals surface area contributed by atoms with Gasteiger partial charge in [0.15, 0.2) is 17.5 Å². The Morgan fingerprint density at radius 1 is 0.314 bits per heavy atom. The Balaban J connectivity index is 1.13. The van der Waals surface area contributed by atoms with Gasteiger partial charge in [0.05, 0.1) is 5.56 Å². The van der Waals surface area contributed by atoms with Gasteiger partial charge < -0.3 is 4.42 Å². The molecule has 0 radical (unpaired) electrons. The van der Waals surface area contributed by atoms with Crippen LogP contribution in [-0.4, -0.2) is 15.0 Å². The molecular weight excluding hydrogens is 623 g/mol. The van der Waals surface area contributed by atoms with Gasteiger partial charge in [-0.3, -0.25) is 0 Å². The second-order valence-electron chi connectivity index (χ2n) is 12.8. The van der Waals surface area contributed by atoms with E-state index in [4.69, 9.17) is 19.4 Å². The molecular formula is C47H29N3O. The molecule has 0 aliphatic heterocycles. The van der Waals surface area contributed by atoms with Crippen LogP contribution in [-0.2, 0) is 0 Å². The van der Waals surface area contributed by atoms with E-state index in [-0.39, 0.29) is 0 Å². The zero-order chi connectivity index (χ0) is 33.7. The predicted octanol–water partition coefficient (Wildman–Crippen LogP) is 12.4. The van der Waals surface area contributed by atoms with Crippen molar-refractivity contribution >= 4 is 43.5 Å². The summed E-state index contributed by atoms with van der Waals surface area (Å²) in [5.74, 6) is 1.77. The van der Waals surface area contributed by atoms with E-state index in [0.717, 1.165) is 49.8 Å². The minimum atomic E-state index is 0.564. The summed E-state index contributed by atoms with van der Waals surface area (Å²) in [7, 11) is 0. The number of nitrogens with zero attached hydrogens (tertiary/aromatic N) is 3. The van der Waals surface area contributed by atoms with Gasteiger partial charge in [-0.1, -0.05) is 152 Å². The maximum Gasteiger partial charge on any atom is 0.167 e. The molecule has 2 aromatic heterocycles. The first-order valence-corrected chi connectivity index (χ1v) is 17.1. The molecule has 0 fully saturated rings. The van der Waals surface area contributed by atoms with Crippen molar-refractivity contribution in [1.82, 2.24) is 15.0 Å². The summed E-state index contributed by atoms with van der Waals surface area (Å²) in [6, 6.07) is 61.2. The molecule has 0 spiro atoms. The number of furan rings is 1. The first-order valence-electron chi connectivity index (χ1n) is 17.1. The van der Waals surface area contributed by atoms with Crippen LogP contribution in [0, 0.1) is 0 Å². The molecule has 8 aromatic carbocycles. The lowest BCUT2D eigenvalue weighted by Gasteiger charge is -2.11. The van der Waals surface area contributed by atoms with Gasteiger partial charge in [0.2, 0.25) is 0 Å². The number of fused-ring (bicyclic) bond motifs is 5. The van der Waals surface area contributed by atoms with E-state index in [1.807, 2.05) is 30.3 Å². The topological polar surface area (TPSA) is 51.8 Å². The van der Waals surface area contributed by atoms with E-state index in [9.17, 15) is 0 Å². The third kappa shape index (κ3) is 5.13. The number of para-hydroxylation sites is 2. The second kappa shape index (κ2) is 11.9. The van der Waals surface area contributed by atoms with Crippen molar-refractivity contribution in [2.45, 2.75) is 0 Å². The Morgan fingerprint density at radius 3 is 1.78 bits per heavy atom. The van der Waals surface area contributed by atoms with E-state index in [1.165, 1.54) is 32.7 Å². The van der Waals surface area contributed by atoms with Crippen molar-refractivity contribution in [3.63, 3.8) is 0 Å². The van der Waals surface area contributed by atoms with Gasteiger partial charge >= 0.3 is 0 Å². The molecule has 4 heteroatoms. The van der Waals surface area contributed by atoms with Crippen LogP contribution in [0.4, 0.5) is 0 Å². The van der Waals surface area contributed by atoms with Crippen LogP contribution in [0.15, 0.2) is 180 Å². The van der Waals surface area contributed by atoms with Crippen molar-refractivity contribution in [2.24, 2.45) is 0 Å². The van der Waals surface area contributed by atoms with Crippen LogP contribution >= 0.6 is 0 Å². The van der Waals surface area contributed by atoms with Crippen LogP contribution < -0.4 is 0 Å². The van der Waals surface area contributed by atoms with Gasteiger partial charge in [0.25, 0.3) is 0 Å². The Hall–Kier alpha value is -6.91. The fourth-order valence-electron chi connectivity index (χ4n) is 7.16. The van der Waals surface area contributed by atoms with Gasteiger partial charge in [-0.15, -0.1) is 0 Å². The molecule has 51 heavy (non-hydrogen) atoms. The fourth-order valence-corrected chi connectivity index (χ4v) is 7.16. The van der Waals surface area contributed by atoms with Crippen molar-refractivity contribution in [3.8, 4) is 56.4 Å². The van der Waals surface area contributed by atoms with Crippen LogP contribution in [0.1, 0.15) is 0 Å². The van der Waals surface area contributed by atoms with E-state index in [1.54, 1.807) is 0 Å². The highest BCUT2D eigenvalue weighted by Gasteiger charge is 2.18. The fraction of sp³-hybridized carbons (Fsp3) is 0. The van der Waals surface area contributed by atoms with Gasteiger partial charge in [-0.2, -0.15) is 0 Å². The third-order valence-electron chi connectivity index (χ3n) is 9.73. The third-order valence-corrected chi connectivity index (χ3v) is 9.73. The van der Waals surface area contributed by atoms with E-state index >= 15 is 0 Å². The highest BCUT2D eigenvalue weighted by molar-refractivity contribution is 6.09. The Labute approximate surface area is 294 Å². The van der Waals surface area contributed by atoms with E-state index < -0.39 is 0 Å². The summed E-state index contributed by atoms with van der Waals surface area (Å²) in [5, 5.41) is 6.96. The zero-order valence-electron chi connectivity index (χ0n) is 27.5. The number of rotatable bonds is 5. The van der Waals surface area contributed by atoms with Crippen LogP contribution in [0.5, 0.6) is 0 Å². The smallest absolute Gasteiger partial charge is 0.167 e. The molecule has 0 saturated carbocycles. The lowest BCUT2D eigenvalue weighted by atomic mass is 9.97. The molecule has 0 N–H and O–H groups in total. The molecule has 10 aromatic rings. The molecule has 0 aliphatic rings. The first-order chi connectivity index (χ1) is 25.2. The zero-order valence-corrected chi connectivity index (χ0v) is 27.5. The molecule has 238 valence electrons. The van der Waals surface area contributed by atoms with Crippen LogP contribution in [0.3, 0.4) is 0 Å². The quantitative estimate of drug-likeness (QED) is 0.186. The monoisotopic (exact) mass is 651 g/mol. The summed E-state index contributed by atoms with van der Waals surface area (Å²) in [6.45, 7) is 0. The maximum absolute atomic E-state index is 6.44. The van der Waals surface area contributed by atoms with E-state index in [0.29, 0.717) is 17.5 Å². The summed E-state index contributed by atoms with van der Waals surface area (Å²) in [4.78, 5) is 15.3. The number of benzene rings is 8. The van der Waals surface area contributed by atoms with Crippen LogP contribution in [0.2, 0.25) is 0 Å². The van der Waals surface area contributed by atoms with Crippen molar-refractivity contribution in [2.75, 3.05) is 0 Å². The minimum absolute atomic E-state index is 0.564. The standard InChI is InChI=1S/C47H29N3O/c1-2-12-34-28-35(27-24-30(34)10-1)31-22-25-33(26-23-31)45-48-46(37-15-7-14-36(29-37)39-18-8-13-32-11-3-4-16-38(32)39)50-47(49-45)42-20-9-19-41-40-17-5-6-21-43(40)51-44(41)42/h1-29H. The molecule has 10 rings (SSSR count). The summed E-state index contributed by atoms with van der Waals surface area (Å²) < 4.78 is 6.44. The molecule has 0 unspecified atom stereocenters. The highest BCUT2D eigenvalue weighted by Crippen LogP contribution is 2.37. The summed E-state index contributed by atoms with van der Waals surface area (Å²) in [6.07, 6.45) is 0. The maximum atomic E-state index is 6.44. The summed E-state index contributed by atoms with van der Waals surface area (Å²) >= 11 is 0. The highest BCUT2D eigenvalue weighted by atomic mass is 16.3. The molecule has 0 bridgehead atoms. The van der Waals surface area contributed by atoms with E-state index in [2.05, 4.69) is 146 Å². The SMILES string of the molecule is c1cc(-c2nc(-c3ccc(-c4ccc5ccccc5c4)cc3)nc(-c3cccc4c3oc3ccccc34)n2)cc(-c2cccc3ccccc23)c1. The van der Waals surface area contributed by atoms with Crippen LogP contribution in [0.25, 0.3) is 99.9 Å². The Bertz CT molecular complexity index is 2920. The van der Waals surface area contributed by atoms with Gasteiger partial charge in [-0.25, -0.2) is 15.0 Å². The average Bonchev–Trinajstić information content (AvgIpc) is 3.59. The largest absolute Gasteiger partial charge is 0.455 e. The minimum Gasteiger partial charge on any atom is -0.455 e. The second-order valence-corrected chi connectivity index (χ2v) is 12.8. The van der Waals surface area contributed by atoms with Gasteiger partial charge in [0.1, 0.15) is 11.2 Å². The lowest BCUT2D eigenvalue weighted by molar-refractivity contribution is 0.669.